The first-order valence-electron chi connectivity index (χ1n) is 8.48. The van der Waals surface area contributed by atoms with Crippen molar-refractivity contribution in [2.75, 3.05) is 57.1 Å². The standard InChI is InChI=1S/C18H25N3O3S/c1-23-18(22)14-20-6-5-15-13-16(3-4-17(15)20)21(25-2)8-7-19-9-11-24-12-10-19/h3-6,13H,7-12,14H2,1-2H3. The van der Waals surface area contributed by atoms with Crippen LogP contribution in [-0.4, -0.2) is 68.2 Å². The van der Waals surface area contributed by atoms with E-state index in [9.17, 15) is 4.79 Å². The summed E-state index contributed by atoms with van der Waals surface area (Å²) in [5, 5.41) is 1.13. The van der Waals surface area contributed by atoms with Crippen LogP contribution in [0, 0.1) is 0 Å². The van der Waals surface area contributed by atoms with Gasteiger partial charge in [-0.1, -0.05) is 11.9 Å². The van der Waals surface area contributed by atoms with Crippen molar-refractivity contribution in [2.24, 2.45) is 0 Å². The smallest absolute Gasteiger partial charge is 0.325 e. The molecular weight excluding hydrogens is 338 g/mol. The van der Waals surface area contributed by atoms with Gasteiger partial charge in [0.1, 0.15) is 6.54 Å². The maximum atomic E-state index is 11.5. The Morgan fingerprint density at radius 1 is 1.32 bits per heavy atom. The Hall–Kier alpha value is -1.70. The first-order chi connectivity index (χ1) is 12.2. The summed E-state index contributed by atoms with van der Waals surface area (Å²) in [6.07, 6.45) is 4.04. The Morgan fingerprint density at radius 3 is 2.84 bits per heavy atom. The van der Waals surface area contributed by atoms with Crippen molar-refractivity contribution in [1.29, 1.82) is 0 Å². The number of hydrogen-bond acceptors (Lipinski definition) is 6. The van der Waals surface area contributed by atoms with Gasteiger partial charge < -0.3 is 18.3 Å². The molecule has 1 aromatic heterocycles. The average molecular weight is 363 g/mol. The predicted octanol–water partition coefficient (Wildman–Crippen LogP) is 2.23. The number of anilines is 1. The fourth-order valence-electron chi connectivity index (χ4n) is 3.07. The number of esters is 1. The number of nitrogens with zero attached hydrogens (tertiary/aromatic N) is 3. The van der Waals surface area contributed by atoms with Crippen molar-refractivity contribution < 1.29 is 14.3 Å². The van der Waals surface area contributed by atoms with Crippen LogP contribution in [0.15, 0.2) is 30.5 Å². The SMILES string of the molecule is COC(=O)Cn1ccc2cc(N(CCN3CCOCC3)SC)ccc21. The number of hydrogen-bond donors (Lipinski definition) is 0. The van der Waals surface area contributed by atoms with Crippen molar-refractivity contribution in [3.8, 4) is 0 Å². The third-order valence-electron chi connectivity index (χ3n) is 4.51. The van der Waals surface area contributed by atoms with Gasteiger partial charge in [-0.05, 0) is 24.3 Å². The van der Waals surface area contributed by atoms with E-state index in [0.29, 0.717) is 0 Å². The summed E-state index contributed by atoms with van der Waals surface area (Å²) in [4.78, 5) is 14.0. The molecule has 0 atom stereocenters. The molecule has 1 aliphatic heterocycles. The molecule has 1 saturated heterocycles. The van der Waals surface area contributed by atoms with Crippen LogP contribution in [0.1, 0.15) is 0 Å². The van der Waals surface area contributed by atoms with Gasteiger partial charge in [-0.15, -0.1) is 0 Å². The largest absolute Gasteiger partial charge is 0.468 e. The lowest BCUT2D eigenvalue weighted by Crippen LogP contribution is -2.40. The van der Waals surface area contributed by atoms with Crippen molar-refractivity contribution in [1.82, 2.24) is 9.47 Å². The Labute approximate surface area is 152 Å². The van der Waals surface area contributed by atoms with E-state index >= 15 is 0 Å². The first kappa shape index (κ1) is 18.1. The number of morpholine rings is 1. The number of aromatic nitrogens is 1. The van der Waals surface area contributed by atoms with Crippen LogP contribution >= 0.6 is 11.9 Å². The number of ether oxygens (including phenoxy) is 2. The van der Waals surface area contributed by atoms with Crippen LogP contribution in [0.3, 0.4) is 0 Å². The van der Waals surface area contributed by atoms with Gasteiger partial charge in [0.05, 0.1) is 20.3 Å². The van der Waals surface area contributed by atoms with Crippen LogP contribution in [0.4, 0.5) is 5.69 Å². The molecule has 0 aliphatic carbocycles. The molecule has 2 heterocycles. The molecule has 0 unspecified atom stereocenters. The molecule has 3 rings (SSSR count). The highest BCUT2D eigenvalue weighted by Crippen LogP contribution is 2.26. The number of fused-ring (bicyclic) bond motifs is 1. The molecule has 25 heavy (non-hydrogen) atoms. The minimum Gasteiger partial charge on any atom is -0.468 e. The van der Waals surface area contributed by atoms with E-state index in [1.807, 2.05) is 16.8 Å². The molecule has 0 saturated carbocycles. The van der Waals surface area contributed by atoms with Gasteiger partial charge in [0.2, 0.25) is 0 Å². The highest BCUT2D eigenvalue weighted by Gasteiger charge is 2.14. The topological polar surface area (TPSA) is 46.9 Å². The molecule has 1 aromatic carbocycles. The average Bonchev–Trinajstić information content (AvgIpc) is 3.05. The van der Waals surface area contributed by atoms with Gasteiger partial charge in [0, 0.05) is 55.2 Å². The minimum absolute atomic E-state index is 0.238. The quantitative estimate of drug-likeness (QED) is 0.555. The molecule has 0 amide bonds. The summed E-state index contributed by atoms with van der Waals surface area (Å²) < 4.78 is 14.4. The highest BCUT2D eigenvalue weighted by atomic mass is 32.2. The maximum absolute atomic E-state index is 11.5. The van der Waals surface area contributed by atoms with E-state index in [1.165, 1.54) is 12.8 Å². The van der Waals surface area contributed by atoms with E-state index in [4.69, 9.17) is 9.47 Å². The van der Waals surface area contributed by atoms with Crippen LogP contribution < -0.4 is 4.31 Å². The molecule has 7 heteroatoms. The second kappa shape index (κ2) is 8.60. The lowest BCUT2D eigenvalue weighted by atomic mass is 10.2. The molecule has 1 aliphatic rings. The van der Waals surface area contributed by atoms with Crippen LogP contribution in [0.25, 0.3) is 10.9 Å². The van der Waals surface area contributed by atoms with Crippen molar-refractivity contribution in [3.63, 3.8) is 0 Å². The number of rotatable bonds is 7. The van der Waals surface area contributed by atoms with Crippen LogP contribution in [-0.2, 0) is 20.8 Å². The molecule has 2 aromatic rings. The zero-order chi connectivity index (χ0) is 17.6. The number of benzene rings is 1. The summed E-state index contributed by atoms with van der Waals surface area (Å²) in [6, 6.07) is 8.42. The molecule has 0 spiro atoms. The van der Waals surface area contributed by atoms with Gasteiger partial charge in [0.25, 0.3) is 0 Å². The van der Waals surface area contributed by atoms with Gasteiger partial charge in [-0.2, -0.15) is 0 Å². The van der Waals surface area contributed by atoms with Crippen molar-refractivity contribution >= 4 is 34.5 Å². The van der Waals surface area contributed by atoms with E-state index in [1.54, 1.807) is 11.9 Å². The van der Waals surface area contributed by atoms with Crippen molar-refractivity contribution in [3.05, 3.63) is 30.5 Å². The molecule has 0 N–H and O–H groups in total. The van der Waals surface area contributed by atoms with E-state index in [-0.39, 0.29) is 12.5 Å². The monoisotopic (exact) mass is 363 g/mol. The van der Waals surface area contributed by atoms with Crippen LogP contribution in [0.2, 0.25) is 0 Å². The van der Waals surface area contributed by atoms with Crippen molar-refractivity contribution in [2.45, 2.75) is 6.54 Å². The Morgan fingerprint density at radius 2 is 2.12 bits per heavy atom. The summed E-state index contributed by atoms with van der Waals surface area (Å²) in [7, 11) is 1.41. The Kier molecular flexibility index (Phi) is 6.23. The molecular formula is C18H25N3O3S. The van der Waals surface area contributed by atoms with E-state index in [2.05, 4.69) is 33.7 Å². The zero-order valence-corrected chi connectivity index (χ0v) is 15.6. The maximum Gasteiger partial charge on any atom is 0.325 e. The van der Waals surface area contributed by atoms with Crippen LogP contribution in [0.5, 0.6) is 0 Å². The Bertz CT molecular complexity index is 713. The molecule has 0 bridgehead atoms. The van der Waals surface area contributed by atoms with Gasteiger partial charge in [-0.3, -0.25) is 9.69 Å². The summed E-state index contributed by atoms with van der Waals surface area (Å²) in [6.45, 7) is 5.93. The summed E-state index contributed by atoms with van der Waals surface area (Å²) in [5.41, 5.74) is 2.23. The normalized spacial score (nSPS) is 15.4. The summed E-state index contributed by atoms with van der Waals surface area (Å²) >= 11 is 1.74. The number of carbonyl (C=O) groups excluding carboxylic acids is 1. The molecule has 6 nitrogen and oxygen atoms in total. The minimum atomic E-state index is -0.238. The van der Waals surface area contributed by atoms with E-state index < -0.39 is 0 Å². The zero-order valence-electron chi connectivity index (χ0n) is 14.8. The first-order valence-corrected chi connectivity index (χ1v) is 9.67. The second-order valence-corrected chi connectivity index (χ2v) is 6.81. The Balaban J connectivity index is 1.69. The molecule has 0 radical (unpaired) electrons. The molecule has 1 fully saturated rings. The summed E-state index contributed by atoms with van der Waals surface area (Å²) in [5.74, 6) is -0.238. The fraction of sp³-hybridized carbons (Fsp3) is 0.500. The van der Waals surface area contributed by atoms with Gasteiger partial charge in [-0.25, -0.2) is 0 Å². The molecule has 136 valence electrons. The number of carbonyl (C=O) groups is 1. The highest BCUT2D eigenvalue weighted by molar-refractivity contribution is 7.99. The predicted molar refractivity (Wildman–Crippen MR) is 102 cm³/mol. The lowest BCUT2D eigenvalue weighted by molar-refractivity contribution is -0.141. The lowest BCUT2D eigenvalue weighted by Gasteiger charge is -2.30. The van der Waals surface area contributed by atoms with Gasteiger partial charge >= 0.3 is 5.97 Å². The van der Waals surface area contributed by atoms with Gasteiger partial charge in [0.15, 0.2) is 0 Å². The second-order valence-electron chi connectivity index (χ2n) is 6.00. The fourth-order valence-corrected chi connectivity index (χ4v) is 3.66. The van der Waals surface area contributed by atoms with E-state index in [0.717, 1.165) is 50.3 Å². The third kappa shape index (κ3) is 4.48. The third-order valence-corrected chi connectivity index (χ3v) is 5.35. The number of methoxy groups -OCH3 is 1.